The summed E-state index contributed by atoms with van der Waals surface area (Å²) in [5.41, 5.74) is 2.76. The van der Waals surface area contributed by atoms with Crippen molar-refractivity contribution in [2.24, 2.45) is 5.92 Å². The largest absolute Gasteiger partial charge is 0.483 e. The maximum Gasteiger partial charge on any atom is 0.150 e. The average molecular weight is 501 g/mol. The minimum absolute atomic E-state index is 0.193. The number of rotatable bonds is 9. The van der Waals surface area contributed by atoms with Gasteiger partial charge in [-0.2, -0.15) is 0 Å². The second kappa shape index (κ2) is 9.60. The Labute approximate surface area is 204 Å². The molecule has 2 aliphatic rings. The normalized spacial score (nSPS) is 21.6. The maximum absolute atomic E-state index is 14.2. The highest BCUT2D eigenvalue weighted by atomic mass is 32.2. The van der Waals surface area contributed by atoms with Crippen LogP contribution in [0.2, 0.25) is 0 Å². The summed E-state index contributed by atoms with van der Waals surface area (Å²) in [5, 5.41) is 4.07. The molecule has 186 valence electrons. The van der Waals surface area contributed by atoms with Gasteiger partial charge in [0.2, 0.25) is 0 Å². The van der Waals surface area contributed by atoms with Gasteiger partial charge < -0.3 is 24.2 Å². The van der Waals surface area contributed by atoms with Crippen LogP contribution in [0.3, 0.4) is 0 Å². The minimum Gasteiger partial charge on any atom is -0.483 e. The first-order valence-corrected chi connectivity index (χ1v) is 13.7. The van der Waals surface area contributed by atoms with Gasteiger partial charge in [0.05, 0.1) is 31.0 Å². The third-order valence-corrected chi connectivity index (χ3v) is 6.63. The Morgan fingerprint density at radius 3 is 2.77 bits per heavy atom. The molecule has 3 atom stereocenters. The number of anilines is 3. The third-order valence-electron chi connectivity index (χ3n) is 5.97. The monoisotopic (exact) mass is 500 g/mol. The zero-order chi connectivity index (χ0) is 24.6. The van der Waals surface area contributed by atoms with E-state index in [2.05, 4.69) is 25.9 Å². The Hall–Kier alpha value is -2.95. The van der Waals surface area contributed by atoms with Crippen LogP contribution in [0.4, 0.5) is 21.6 Å². The van der Waals surface area contributed by atoms with Crippen molar-refractivity contribution in [3.8, 4) is 5.75 Å². The number of aromatic nitrogens is 2. The molecule has 0 bridgehead atoms. The van der Waals surface area contributed by atoms with Crippen LogP contribution in [0.25, 0.3) is 10.9 Å². The molecule has 3 unspecified atom stereocenters. The maximum atomic E-state index is 14.2. The van der Waals surface area contributed by atoms with Crippen LogP contribution < -0.4 is 14.8 Å². The van der Waals surface area contributed by atoms with Crippen LogP contribution in [-0.4, -0.2) is 58.3 Å². The van der Waals surface area contributed by atoms with Crippen molar-refractivity contribution in [3.05, 3.63) is 48.0 Å². The Bertz CT molecular complexity index is 1350. The molecule has 2 N–H and O–H groups in total. The fourth-order valence-electron chi connectivity index (χ4n) is 4.11. The molecule has 1 aromatic heterocycles. The Kier molecular flexibility index (Phi) is 6.52. The van der Waals surface area contributed by atoms with Crippen molar-refractivity contribution in [2.75, 3.05) is 36.1 Å². The van der Waals surface area contributed by atoms with Gasteiger partial charge in [0.1, 0.15) is 29.8 Å². The SMILES string of the molecule is C=S(C)(=O)Nc1cc(C)c2c(Nc3ccc(F)cc3OC3COCC3OCC3CC3)ncnc2c1. The average Bonchev–Trinajstić information content (AvgIpc) is 3.51. The molecular formula is C25H29FN4O4S. The molecule has 2 fully saturated rings. The highest BCUT2D eigenvalue weighted by molar-refractivity contribution is 8.00. The van der Waals surface area contributed by atoms with E-state index in [4.69, 9.17) is 14.2 Å². The summed E-state index contributed by atoms with van der Waals surface area (Å²) < 4.78 is 47.0. The van der Waals surface area contributed by atoms with Crippen molar-refractivity contribution in [2.45, 2.75) is 32.0 Å². The summed E-state index contributed by atoms with van der Waals surface area (Å²) in [5.74, 6) is 4.77. The number of halogens is 1. The van der Waals surface area contributed by atoms with E-state index in [0.717, 1.165) is 10.9 Å². The predicted octanol–water partition coefficient (Wildman–Crippen LogP) is 4.07. The molecule has 5 rings (SSSR count). The fourth-order valence-corrected chi connectivity index (χ4v) is 4.72. The standard InChI is InChI=1S/C25H29FN4O4S/c1-15-8-18(30-35(2,3)31)10-20-24(15)25(28-14-27-20)29-19-7-6-17(26)9-21(19)34-23-13-32-12-22(23)33-11-16-4-5-16/h6-10,14,16,22-23H,2,4-5,11-13H2,1,3H3,(H,30,31)(H,27,28,29). The lowest BCUT2D eigenvalue weighted by atomic mass is 10.1. The van der Waals surface area contributed by atoms with Gasteiger partial charge >= 0.3 is 0 Å². The molecule has 1 aliphatic carbocycles. The van der Waals surface area contributed by atoms with Gasteiger partial charge in [-0.05, 0) is 61.4 Å². The van der Waals surface area contributed by atoms with Crippen LogP contribution in [0, 0.1) is 18.7 Å². The molecule has 2 aromatic carbocycles. The topological polar surface area (TPSA) is 94.6 Å². The van der Waals surface area contributed by atoms with Crippen molar-refractivity contribution in [3.63, 3.8) is 0 Å². The van der Waals surface area contributed by atoms with Crippen LogP contribution in [-0.2, 0) is 19.2 Å². The van der Waals surface area contributed by atoms with Crippen LogP contribution in [0.5, 0.6) is 5.75 Å². The van der Waals surface area contributed by atoms with Crippen LogP contribution >= 0.6 is 0 Å². The molecule has 10 heteroatoms. The number of fused-ring (bicyclic) bond motifs is 1. The third kappa shape index (κ3) is 5.83. The van der Waals surface area contributed by atoms with Crippen molar-refractivity contribution in [1.82, 2.24) is 9.97 Å². The van der Waals surface area contributed by atoms with Crippen molar-refractivity contribution >= 4 is 43.7 Å². The van der Waals surface area contributed by atoms with E-state index < -0.39 is 15.5 Å². The van der Waals surface area contributed by atoms with Gasteiger partial charge in [-0.3, -0.25) is 0 Å². The van der Waals surface area contributed by atoms with E-state index in [1.54, 1.807) is 12.1 Å². The van der Waals surface area contributed by atoms with Gasteiger partial charge in [-0.1, -0.05) is 0 Å². The zero-order valence-corrected chi connectivity index (χ0v) is 20.6. The summed E-state index contributed by atoms with van der Waals surface area (Å²) in [4.78, 5) is 8.80. The number of benzene rings is 2. The molecule has 1 saturated carbocycles. The molecule has 35 heavy (non-hydrogen) atoms. The Balaban J connectivity index is 1.41. The van der Waals surface area contributed by atoms with E-state index in [0.29, 0.717) is 54.2 Å². The lowest BCUT2D eigenvalue weighted by Gasteiger charge is -2.22. The van der Waals surface area contributed by atoms with Gasteiger partial charge in [0, 0.05) is 33.1 Å². The molecule has 3 aromatic rings. The van der Waals surface area contributed by atoms with E-state index in [9.17, 15) is 8.60 Å². The summed E-state index contributed by atoms with van der Waals surface area (Å²) in [6.45, 7) is 3.46. The first-order chi connectivity index (χ1) is 16.7. The lowest BCUT2D eigenvalue weighted by molar-refractivity contribution is -0.00503. The summed E-state index contributed by atoms with van der Waals surface area (Å²) >= 11 is 0. The second-order valence-electron chi connectivity index (χ2n) is 9.29. The number of nitrogens with one attached hydrogen (secondary N) is 2. The fraction of sp³-hybridized carbons (Fsp3) is 0.400. The van der Waals surface area contributed by atoms with E-state index in [-0.39, 0.29) is 12.2 Å². The van der Waals surface area contributed by atoms with Gasteiger partial charge in [-0.15, -0.1) is 0 Å². The molecule has 8 nitrogen and oxygen atoms in total. The molecule has 0 radical (unpaired) electrons. The molecule has 0 spiro atoms. The predicted molar refractivity (Wildman–Crippen MR) is 136 cm³/mol. The van der Waals surface area contributed by atoms with E-state index in [1.807, 2.05) is 13.0 Å². The first kappa shape index (κ1) is 23.8. The van der Waals surface area contributed by atoms with Crippen molar-refractivity contribution in [1.29, 1.82) is 0 Å². The summed E-state index contributed by atoms with van der Waals surface area (Å²) in [7, 11) is -2.43. The van der Waals surface area contributed by atoms with Crippen LogP contribution in [0.15, 0.2) is 36.7 Å². The zero-order valence-electron chi connectivity index (χ0n) is 19.8. The quantitative estimate of drug-likeness (QED) is 0.428. The van der Waals surface area contributed by atoms with Crippen LogP contribution in [0.1, 0.15) is 18.4 Å². The molecule has 0 amide bonds. The van der Waals surface area contributed by atoms with E-state index in [1.165, 1.54) is 37.6 Å². The molecule has 1 saturated heterocycles. The smallest absolute Gasteiger partial charge is 0.150 e. The Morgan fingerprint density at radius 1 is 1.20 bits per heavy atom. The number of ether oxygens (including phenoxy) is 3. The molecule has 1 aliphatic heterocycles. The number of hydrogen-bond donors (Lipinski definition) is 2. The number of aryl methyl sites for hydroxylation is 1. The van der Waals surface area contributed by atoms with Gasteiger partial charge in [0.25, 0.3) is 0 Å². The molecular weight excluding hydrogens is 471 g/mol. The second-order valence-corrected chi connectivity index (χ2v) is 11.5. The summed E-state index contributed by atoms with van der Waals surface area (Å²) in [6, 6.07) is 8.00. The van der Waals surface area contributed by atoms with Gasteiger partial charge in [-0.25, -0.2) is 18.6 Å². The first-order valence-electron chi connectivity index (χ1n) is 11.5. The molecule has 2 heterocycles. The van der Waals surface area contributed by atoms with Gasteiger partial charge in [0.15, 0.2) is 6.10 Å². The summed E-state index contributed by atoms with van der Waals surface area (Å²) in [6.07, 6.45) is 4.85. The Morgan fingerprint density at radius 2 is 2.00 bits per heavy atom. The minimum atomic E-state index is -2.43. The number of hydrogen-bond acceptors (Lipinski definition) is 7. The number of nitrogens with zero attached hydrogens (tertiary/aromatic N) is 2. The lowest BCUT2D eigenvalue weighted by Crippen LogP contribution is -2.33. The highest BCUT2D eigenvalue weighted by Gasteiger charge is 2.33. The van der Waals surface area contributed by atoms with E-state index >= 15 is 0 Å². The van der Waals surface area contributed by atoms with Crippen molar-refractivity contribution < 1.29 is 22.8 Å². The highest BCUT2D eigenvalue weighted by Crippen LogP contribution is 2.35.